The van der Waals surface area contributed by atoms with Gasteiger partial charge in [-0.2, -0.15) is 0 Å². The third kappa shape index (κ3) is 3.19. The molecular formula is C16H17N3O3S. The average molecular weight is 331 g/mol. The lowest BCUT2D eigenvalue weighted by Crippen LogP contribution is -2.43. The maximum Gasteiger partial charge on any atom is 0.278 e. The lowest BCUT2D eigenvalue weighted by atomic mass is 10.1. The highest BCUT2D eigenvalue weighted by Crippen LogP contribution is 2.34. The number of carbonyl (C=O) groups excluding carboxylic acids is 2. The van der Waals surface area contributed by atoms with Gasteiger partial charge in [-0.25, -0.2) is 4.98 Å². The first-order valence-corrected chi connectivity index (χ1v) is 8.27. The lowest BCUT2D eigenvalue weighted by Gasteiger charge is -2.34. The van der Waals surface area contributed by atoms with Gasteiger partial charge in [0.05, 0.1) is 12.2 Å². The molecule has 1 atom stereocenters. The molecule has 2 aromatic rings. The average Bonchev–Trinajstić information content (AvgIpc) is 3.00. The van der Waals surface area contributed by atoms with Gasteiger partial charge in [0.2, 0.25) is 5.91 Å². The summed E-state index contributed by atoms with van der Waals surface area (Å²) in [5.41, 5.74) is 1.07. The van der Waals surface area contributed by atoms with Gasteiger partial charge in [-0.3, -0.25) is 14.5 Å². The van der Waals surface area contributed by atoms with Crippen molar-refractivity contribution in [3.05, 3.63) is 35.3 Å². The number of aromatic nitrogens is 1. The number of thiazole rings is 1. The fraction of sp³-hybridized carbons (Fsp3) is 0.312. The number of nitrogens with one attached hydrogen (secondary N) is 1. The largest absolute Gasteiger partial charge is 0.486 e. The zero-order valence-electron chi connectivity index (χ0n) is 12.9. The Labute approximate surface area is 138 Å². The highest BCUT2D eigenvalue weighted by molar-refractivity contribution is 7.14. The van der Waals surface area contributed by atoms with Crippen molar-refractivity contribution in [2.75, 3.05) is 16.8 Å². The number of ether oxygens (including phenoxy) is 1. The predicted molar refractivity (Wildman–Crippen MR) is 89.2 cm³/mol. The van der Waals surface area contributed by atoms with E-state index in [-0.39, 0.29) is 17.9 Å². The fourth-order valence-electron chi connectivity index (χ4n) is 2.42. The van der Waals surface area contributed by atoms with Crippen molar-refractivity contribution >= 4 is 34.0 Å². The first-order chi connectivity index (χ1) is 11.1. The maximum absolute atomic E-state index is 12.8. The molecule has 6 nitrogen and oxygen atoms in total. The molecule has 7 heteroatoms. The number of nitrogens with zero attached hydrogens (tertiary/aromatic N) is 2. The van der Waals surface area contributed by atoms with Crippen LogP contribution in [-0.4, -0.2) is 29.4 Å². The van der Waals surface area contributed by atoms with Crippen LogP contribution in [0.1, 0.15) is 30.8 Å². The molecule has 2 heterocycles. The minimum absolute atomic E-state index is 0.0395. The van der Waals surface area contributed by atoms with E-state index in [1.165, 1.54) is 18.3 Å². The summed E-state index contributed by atoms with van der Waals surface area (Å²) < 4.78 is 5.89. The van der Waals surface area contributed by atoms with E-state index in [1.807, 2.05) is 31.2 Å². The highest BCUT2D eigenvalue weighted by atomic mass is 32.1. The Morgan fingerprint density at radius 1 is 1.43 bits per heavy atom. The zero-order valence-corrected chi connectivity index (χ0v) is 13.7. The van der Waals surface area contributed by atoms with Gasteiger partial charge in [0.25, 0.3) is 5.91 Å². The van der Waals surface area contributed by atoms with Crippen LogP contribution in [0.2, 0.25) is 0 Å². The van der Waals surface area contributed by atoms with Crippen molar-refractivity contribution in [2.45, 2.75) is 26.4 Å². The van der Waals surface area contributed by atoms with Gasteiger partial charge in [0.15, 0.2) is 5.13 Å². The number of hydrogen-bond acceptors (Lipinski definition) is 5. The molecule has 23 heavy (non-hydrogen) atoms. The van der Waals surface area contributed by atoms with E-state index in [0.29, 0.717) is 23.1 Å². The van der Waals surface area contributed by atoms with Crippen LogP contribution in [-0.2, 0) is 4.79 Å². The summed E-state index contributed by atoms with van der Waals surface area (Å²) in [6.45, 7) is 3.92. The summed E-state index contributed by atoms with van der Waals surface area (Å²) in [6, 6.07) is 7.48. The molecule has 1 aromatic carbocycles. The van der Waals surface area contributed by atoms with Crippen LogP contribution in [0.3, 0.4) is 0 Å². The third-order valence-corrected chi connectivity index (χ3v) is 4.30. The molecule has 120 valence electrons. The summed E-state index contributed by atoms with van der Waals surface area (Å²) in [6.07, 6.45) is 0.772. The molecule has 1 aliphatic rings. The Hall–Kier alpha value is -2.41. The number of rotatable bonds is 3. The number of amides is 2. The fourth-order valence-corrected chi connectivity index (χ4v) is 3.15. The molecule has 1 unspecified atom stereocenters. The Bertz CT molecular complexity index is 744. The van der Waals surface area contributed by atoms with Gasteiger partial charge in [-0.1, -0.05) is 19.1 Å². The molecule has 0 saturated heterocycles. The third-order valence-electron chi connectivity index (χ3n) is 3.54. The van der Waals surface area contributed by atoms with Crippen molar-refractivity contribution in [1.29, 1.82) is 0 Å². The van der Waals surface area contributed by atoms with Gasteiger partial charge < -0.3 is 10.1 Å². The Morgan fingerprint density at radius 2 is 2.22 bits per heavy atom. The number of anilines is 2. The SMILES string of the molecule is CCC1CN(C(=O)c2csc(NC(C)=O)n2)c2ccccc2O1. The molecule has 1 aromatic heterocycles. The van der Waals surface area contributed by atoms with Gasteiger partial charge in [-0.15, -0.1) is 11.3 Å². The van der Waals surface area contributed by atoms with Gasteiger partial charge in [-0.05, 0) is 18.6 Å². The minimum Gasteiger partial charge on any atom is -0.486 e. The van der Waals surface area contributed by atoms with Crippen LogP contribution in [0.5, 0.6) is 5.75 Å². The van der Waals surface area contributed by atoms with Crippen molar-refractivity contribution in [3.63, 3.8) is 0 Å². The topological polar surface area (TPSA) is 71.5 Å². The summed E-state index contributed by atoms with van der Waals surface area (Å²) in [5.74, 6) is 0.310. The lowest BCUT2D eigenvalue weighted by molar-refractivity contribution is -0.114. The standard InChI is InChI=1S/C16H17N3O3S/c1-3-11-8-19(13-6-4-5-7-14(13)22-11)15(21)12-9-23-16(18-12)17-10(2)20/h4-7,9,11H,3,8H2,1-2H3,(H,17,18,20). The first-order valence-electron chi connectivity index (χ1n) is 7.39. The molecule has 0 bridgehead atoms. The van der Waals surface area contributed by atoms with Gasteiger partial charge >= 0.3 is 0 Å². The van der Waals surface area contributed by atoms with Crippen LogP contribution < -0.4 is 15.0 Å². The van der Waals surface area contributed by atoms with Crippen molar-refractivity contribution in [2.24, 2.45) is 0 Å². The first kappa shape index (κ1) is 15.5. The number of benzene rings is 1. The second kappa shape index (κ2) is 6.37. The zero-order chi connectivity index (χ0) is 16.4. The van der Waals surface area contributed by atoms with Crippen molar-refractivity contribution in [3.8, 4) is 5.75 Å². The molecule has 0 fully saturated rings. The Balaban J connectivity index is 1.89. The Morgan fingerprint density at radius 3 is 2.96 bits per heavy atom. The van der Waals surface area contributed by atoms with Crippen LogP contribution in [0.15, 0.2) is 29.6 Å². The number of carbonyl (C=O) groups is 2. The van der Waals surface area contributed by atoms with E-state index in [0.717, 1.165) is 12.1 Å². The van der Waals surface area contributed by atoms with Crippen molar-refractivity contribution in [1.82, 2.24) is 4.98 Å². The monoisotopic (exact) mass is 331 g/mol. The summed E-state index contributed by atoms with van der Waals surface area (Å²) >= 11 is 1.24. The molecular weight excluding hydrogens is 314 g/mol. The van der Waals surface area contributed by atoms with Crippen LogP contribution in [0.25, 0.3) is 0 Å². The van der Waals surface area contributed by atoms with Crippen LogP contribution in [0, 0.1) is 0 Å². The second-order valence-electron chi connectivity index (χ2n) is 5.25. The van der Waals surface area contributed by atoms with E-state index in [9.17, 15) is 9.59 Å². The van der Waals surface area contributed by atoms with Crippen LogP contribution >= 0.6 is 11.3 Å². The quantitative estimate of drug-likeness (QED) is 0.939. The van der Waals surface area contributed by atoms with E-state index < -0.39 is 0 Å². The summed E-state index contributed by atoms with van der Waals surface area (Å²) in [5, 5.41) is 4.68. The molecule has 1 aliphatic heterocycles. The number of para-hydroxylation sites is 2. The molecule has 0 saturated carbocycles. The number of hydrogen-bond donors (Lipinski definition) is 1. The Kier molecular flexibility index (Phi) is 4.29. The molecule has 0 aliphatic carbocycles. The van der Waals surface area contributed by atoms with E-state index in [1.54, 1.807) is 10.3 Å². The smallest absolute Gasteiger partial charge is 0.278 e. The highest BCUT2D eigenvalue weighted by Gasteiger charge is 2.30. The molecule has 3 rings (SSSR count). The summed E-state index contributed by atoms with van der Waals surface area (Å²) in [4.78, 5) is 29.8. The van der Waals surface area contributed by atoms with Crippen LogP contribution in [0.4, 0.5) is 10.8 Å². The minimum atomic E-state index is -0.207. The predicted octanol–water partition coefficient (Wildman–Crippen LogP) is 2.92. The maximum atomic E-state index is 12.8. The van der Waals surface area contributed by atoms with Gasteiger partial charge in [0, 0.05) is 12.3 Å². The normalized spacial score (nSPS) is 16.4. The van der Waals surface area contributed by atoms with Gasteiger partial charge in [0.1, 0.15) is 17.5 Å². The molecule has 0 spiro atoms. The van der Waals surface area contributed by atoms with Crippen molar-refractivity contribution < 1.29 is 14.3 Å². The molecule has 1 N–H and O–H groups in total. The van der Waals surface area contributed by atoms with E-state index in [2.05, 4.69) is 10.3 Å². The summed E-state index contributed by atoms with van der Waals surface area (Å²) in [7, 11) is 0. The van der Waals surface area contributed by atoms with E-state index in [4.69, 9.17) is 4.74 Å². The van der Waals surface area contributed by atoms with E-state index >= 15 is 0 Å². The molecule has 0 radical (unpaired) electrons. The second-order valence-corrected chi connectivity index (χ2v) is 6.11. The molecule has 2 amide bonds. The number of fused-ring (bicyclic) bond motifs is 1.